The third kappa shape index (κ3) is 4.07. The summed E-state index contributed by atoms with van der Waals surface area (Å²) in [6, 6.07) is 14.2. The molecular weight excluding hydrogens is 432 g/mol. The van der Waals surface area contributed by atoms with Crippen LogP contribution in [0.5, 0.6) is 0 Å². The van der Waals surface area contributed by atoms with E-state index in [0.29, 0.717) is 16.7 Å². The number of rotatable bonds is 6. The van der Waals surface area contributed by atoms with Gasteiger partial charge in [0.2, 0.25) is 0 Å². The van der Waals surface area contributed by atoms with Crippen LogP contribution in [-0.4, -0.2) is 21.0 Å². The predicted molar refractivity (Wildman–Crippen MR) is 111 cm³/mol. The van der Waals surface area contributed by atoms with Gasteiger partial charge in [0.25, 0.3) is 10.9 Å². The second-order valence-corrected chi connectivity index (χ2v) is 7.39. The molecule has 0 bridgehead atoms. The zero-order valence-corrected chi connectivity index (χ0v) is 16.5. The minimum atomic E-state index is -1.19. The number of benzene rings is 2. The number of thioether (sulfide) groups is 1. The first kappa shape index (κ1) is 19.7. The summed E-state index contributed by atoms with van der Waals surface area (Å²) in [6.07, 6.45) is 1.32. The van der Waals surface area contributed by atoms with E-state index in [-0.39, 0.29) is 32.4 Å². The SMILES string of the molecule is O=C(O)/C(=C/c1ccc(-c2cc([N+](=O)[O-])ccc2Cl)o1)Sc1nc2ccccc2o1. The van der Waals surface area contributed by atoms with E-state index in [1.165, 1.54) is 24.3 Å². The Bertz CT molecular complexity index is 1280. The topological polar surface area (TPSA) is 120 Å². The van der Waals surface area contributed by atoms with Crippen LogP contribution < -0.4 is 0 Å². The first-order valence-corrected chi connectivity index (χ1v) is 9.63. The Morgan fingerprint density at radius 2 is 1.97 bits per heavy atom. The predicted octanol–water partition coefficient (Wildman–Crippen LogP) is 5.87. The molecule has 0 aliphatic carbocycles. The van der Waals surface area contributed by atoms with E-state index in [2.05, 4.69) is 4.98 Å². The molecule has 0 aliphatic rings. The summed E-state index contributed by atoms with van der Waals surface area (Å²) in [5, 5.41) is 21.0. The van der Waals surface area contributed by atoms with Crippen LogP contribution in [0.1, 0.15) is 5.76 Å². The van der Waals surface area contributed by atoms with Gasteiger partial charge in [-0.2, -0.15) is 0 Å². The van der Waals surface area contributed by atoms with Crippen molar-refractivity contribution in [3.05, 3.63) is 80.4 Å². The molecule has 0 atom stereocenters. The highest BCUT2D eigenvalue weighted by atomic mass is 35.5. The Hall–Kier alpha value is -3.56. The Morgan fingerprint density at radius 3 is 2.70 bits per heavy atom. The Kier molecular flexibility index (Phi) is 5.30. The van der Waals surface area contributed by atoms with Gasteiger partial charge in [0.15, 0.2) is 5.58 Å². The van der Waals surface area contributed by atoms with Crippen molar-refractivity contribution in [2.24, 2.45) is 0 Å². The van der Waals surface area contributed by atoms with Crippen LogP contribution >= 0.6 is 23.4 Å². The van der Waals surface area contributed by atoms with Gasteiger partial charge < -0.3 is 13.9 Å². The molecule has 10 heteroatoms. The van der Waals surface area contributed by atoms with Crippen LogP contribution in [0, 0.1) is 10.1 Å². The molecule has 0 saturated heterocycles. The average Bonchev–Trinajstić information content (AvgIpc) is 3.34. The lowest BCUT2D eigenvalue weighted by atomic mass is 10.1. The Labute approximate surface area is 177 Å². The number of carbonyl (C=O) groups is 1. The number of carboxylic acid groups (broad SMARTS) is 1. The summed E-state index contributed by atoms with van der Waals surface area (Å²) < 4.78 is 11.2. The van der Waals surface area contributed by atoms with Crippen LogP contribution in [0.3, 0.4) is 0 Å². The second kappa shape index (κ2) is 8.05. The third-order valence-electron chi connectivity index (χ3n) is 4.01. The zero-order valence-electron chi connectivity index (χ0n) is 14.9. The lowest BCUT2D eigenvalue weighted by Gasteiger charge is -2.01. The maximum Gasteiger partial charge on any atom is 0.342 e. The van der Waals surface area contributed by atoms with Gasteiger partial charge in [-0.25, -0.2) is 9.78 Å². The summed E-state index contributed by atoms with van der Waals surface area (Å²) in [7, 11) is 0. The molecule has 4 rings (SSSR count). The van der Waals surface area contributed by atoms with Crippen molar-refractivity contribution in [1.29, 1.82) is 0 Å². The molecule has 0 unspecified atom stereocenters. The average molecular weight is 443 g/mol. The van der Waals surface area contributed by atoms with Crippen LogP contribution in [0.15, 0.2) is 73.6 Å². The van der Waals surface area contributed by atoms with E-state index in [9.17, 15) is 20.0 Å². The number of carboxylic acids is 1. The molecule has 150 valence electrons. The number of aliphatic carboxylic acids is 1. The summed E-state index contributed by atoms with van der Waals surface area (Å²) in [5.74, 6) is -0.686. The van der Waals surface area contributed by atoms with Gasteiger partial charge in [0.1, 0.15) is 21.9 Å². The molecular formula is C20H11ClN2O6S. The number of nitro benzene ring substituents is 1. The van der Waals surface area contributed by atoms with Gasteiger partial charge in [-0.05, 0) is 42.1 Å². The van der Waals surface area contributed by atoms with Crippen molar-refractivity contribution in [2.45, 2.75) is 5.22 Å². The number of nitrogens with zero attached hydrogens (tertiary/aromatic N) is 2. The van der Waals surface area contributed by atoms with Gasteiger partial charge in [0.05, 0.1) is 9.95 Å². The quantitative estimate of drug-likeness (QED) is 0.170. The van der Waals surface area contributed by atoms with Crippen molar-refractivity contribution < 1.29 is 23.7 Å². The fourth-order valence-corrected chi connectivity index (χ4v) is 3.58. The van der Waals surface area contributed by atoms with Crippen LogP contribution in [-0.2, 0) is 4.79 Å². The molecule has 0 saturated carbocycles. The molecule has 0 fully saturated rings. The van der Waals surface area contributed by atoms with Crippen molar-refractivity contribution in [3.8, 4) is 11.3 Å². The number of hydrogen-bond acceptors (Lipinski definition) is 7. The van der Waals surface area contributed by atoms with Crippen LogP contribution in [0.25, 0.3) is 28.5 Å². The minimum Gasteiger partial charge on any atom is -0.477 e. The van der Waals surface area contributed by atoms with Crippen LogP contribution in [0.4, 0.5) is 5.69 Å². The molecule has 0 amide bonds. The van der Waals surface area contributed by atoms with Crippen molar-refractivity contribution in [3.63, 3.8) is 0 Å². The smallest absolute Gasteiger partial charge is 0.342 e. The number of hydrogen-bond donors (Lipinski definition) is 1. The number of halogens is 1. The lowest BCUT2D eigenvalue weighted by Crippen LogP contribution is -1.96. The number of aromatic nitrogens is 1. The molecule has 30 heavy (non-hydrogen) atoms. The maximum atomic E-state index is 11.7. The number of nitro groups is 1. The molecule has 2 heterocycles. The molecule has 1 N–H and O–H groups in total. The highest BCUT2D eigenvalue weighted by Crippen LogP contribution is 2.35. The normalized spacial score (nSPS) is 11.7. The molecule has 2 aromatic carbocycles. The summed E-state index contributed by atoms with van der Waals surface area (Å²) in [4.78, 5) is 26.3. The number of furan rings is 1. The van der Waals surface area contributed by atoms with E-state index in [4.69, 9.17) is 20.4 Å². The summed E-state index contributed by atoms with van der Waals surface area (Å²) >= 11 is 6.97. The standard InChI is InChI=1S/C20H11ClN2O6S/c21-14-7-5-11(23(26)27)9-13(14)16-8-6-12(28-16)10-18(19(24)25)30-20-22-15-3-1-2-4-17(15)29-20/h1-10H,(H,24,25)/b18-10-. The largest absolute Gasteiger partial charge is 0.477 e. The van der Waals surface area contributed by atoms with E-state index in [1.54, 1.807) is 36.4 Å². The van der Waals surface area contributed by atoms with Gasteiger partial charge in [-0.15, -0.1) is 0 Å². The van der Waals surface area contributed by atoms with Gasteiger partial charge in [-0.3, -0.25) is 10.1 Å². The highest BCUT2D eigenvalue weighted by molar-refractivity contribution is 8.03. The molecule has 2 aromatic heterocycles. The van der Waals surface area contributed by atoms with E-state index in [1.807, 2.05) is 0 Å². The van der Waals surface area contributed by atoms with E-state index >= 15 is 0 Å². The summed E-state index contributed by atoms with van der Waals surface area (Å²) in [5.41, 5.74) is 1.35. The number of non-ortho nitro benzene ring substituents is 1. The first-order chi connectivity index (χ1) is 14.4. The van der Waals surface area contributed by atoms with Crippen LogP contribution in [0.2, 0.25) is 5.02 Å². The fraction of sp³-hybridized carbons (Fsp3) is 0. The Morgan fingerprint density at radius 1 is 1.17 bits per heavy atom. The van der Waals surface area contributed by atoms with Gasteiger partial charge in [-0.1, -0.05) is 23.7 Å². The van der Waals surface area contributed by atoms with Crippen molar-refractivity contribution >= 4 is 52.2 Å². The fourth-order valence-electron chi connectivity index (χ4n) is 2.64. The maximum absolute atomic E-state index is 11.7. The number of oxazole rings is 1. The number of fused-ring (bicyclic) bond motifs is 1. The van der Waals surface area contributed by atoms with Gasteiger partial charge in [0, 0.05) is 23.8 Å². The molecule has 0 radical (unpaired) electrons. The highest BCUT2D eigenvalue weighted by Gasteiger charge is 2.17. The second-order valence-electron chi connectivity index (χ2n) is 5.99. The molecule has 0 aliphatic heterocycles. The lowest BCUT2D eigenvalue weighted by molar-refractivity contribution is -0.384. The Balaban J connectivity index is 1.64. The molecule has 0 spiro atoms. The molecule has 8 nitrogen and oxygen atoms in total. The monoisotopic (exact) mass is 442 g/mol. The van der Waals surface area contributed by atoms with Gasteiger partial charge >= 0.3 is 5.97 Å². The summed E-state index contributed by atoms with van der Waals surface area (Å²) in [6.45, 7) is 0. The number of para-hydroxylation sites is 2. The third-order valence-corrected chi connectivity index (χ3v) is 5.20. The van der Waals surface area contributed by atoms with Crippen molar-refractivity contribution in [2.75, 3.05) is 0 Å². The van der Waals surface area contributed by atoms with Crippen molar-refractivity contribution in [1.82, 2.24) is 4.98 Å². The minimum absolute atomic E-state index is 0.0763. The van der Waals surface area contributed by atoms with E-state index < -0.39 is 10.9 Å². The first-order valence-electron chi connectivity index (χ1n) is 8.43. The van der Waals surface area contributed by atoms with E-state index in [0.717, 1.165) is 11.8 Å². The molecule has 4 aromatic rings. The zero-order chi connectivity index (χ0) is 21.3.